The van der Waals surface area contributed by atoms with E-state index in [9.17, 15) is 4.79 Å². The number of likely N-dealkylation sites (N-methyl/N-ethyl adjacent to an activating group) is 1. The first-order chi connectivity index (χ1) is 9.27. The smallest absolute Gasteiger partial charge is 0.236 e. The number of nitrogens with zero attached hydrogens (tertiary/aromatic N) is 1. The van der Waals surface area contributed by atoms with Crippen LogP contribution in [0.3, 0.4) is 0 Å². The number of rotatable bonds is 7. The van der Waals surface area contributed by atoms with Gasteiger partial charge in [0.1, 0.15) is 0 Å². The van der Waals surface area contributed by atoms with Gasteiger partial charge in [0.2, 0.25) is 5.91 Å². The van der Waals surface area contributed by atoms with Crippen LogP contribution in [0.15, 0.2) is 30.3 Å². The zero-order valence-electron chi connectivity index (χ0n) is 11.8. The fourth-order valence-corrected chi connectivity index (χ4v) is 2.36. The van der Waals surface area contributed by atoms with Gasteiger partial charge < -0.3 is 10.2 Å². The summed E-state index contributed by atoms with van der Waals surface area (Å²) >= 11 is 0. The Hall–Kier alpha value is -1.35. The molecular formula is C16H24N2O. The van der Waals surface area contributed by atoms with Gasteiger partial charge in [0.05, 0.1) is 6.54 Å². The zero-order valence-corrected chi connectivity index (χ0v) is 11.8. The molecule has 0 bridgehead atoms. The Kier molecular flexibility index (Phi) is 5.40. The van der Waals surface area contributed by atoms with E-state index in [4.69, 9.17) is 0 Å². The maximum atomic E-state index is 11.9. The second-order valence-electron chi connectivity index (χ2n) is 5.36. The van der Waals surface area contributed by atoms with E-state index in [0.717, 1.165) is 19.4 Å². The maximum absolute atomic E-state index is 11.9. The number of nitrogens with one attached hydrogen (secondary N) is 1. The number of hydrogen-bond acceptors (Lipinski definition) is 2. The molecule has 0 aromatic heterocycles. The van der Waals surface area contributed by atoms with Crippen molar-refractivity contribution in [1.82, 2.24) is 10.2 Å². The van der Waals surface area contributed by atoms with Crippen molar-refractivity contribution in [1.29, 1.82) is 0 Å². The minimum absolute atomic E-state index is 0.226. The monoisotopic (exact) mass is 260 g/mol. The highest BCUT2D eigenvalue weighted by molar-refractivity contribution is 5.78. The molecule has 0 heterocycles. The topological polar surface area (TPSA) is 32.3 Å². The fraction of sp³-hybridized carbons (Fsp3) is 0.562. The molecule has 0 saturated heterocycles. The Bertz CT molecular complexity index is 387. The molecule has 0 atom stereocenters. The van der Waals surface area contributed by atoms with E-state index < -0.39 is 0 Å². The lowest BCUT2D eigenvalue weighted by Gasteiger charge is -2.34. The Morgan fingerprint density at radius 1 is 1.32 bits per heavy atom. The molecule has 19 heavy (non-hydrogen) atoms. The van der Waals surface area contributed by atoms with Crippen LogP contribution in [0.4, 0.5) is 0 Å². The number of hydrogen-bond donors (Lipinski definition) is 1. The first-order valence-electron chi connectivity index (χ1n) is 7.27. The normalized spacial score (nSPS) is 15.0. The minimum atomic E-state index is 0.226. The molecule has 0 spiro atoms. The van der Waals surface area contributed by atoms with Gasteiger partial charge in [-0.2, -0.15) is 0 Å². The van der Waals surface area contributed by atoms with E-state index in [1.54, 1.807) is 0 Å². The number of amides is 1. The van der Waals surface area contributed by atoms with E-state index >= 15 is 0 Å². The number of carbonyl (C=O) groups excluding carboxylic acids is 1. The molecule has 1 N–H and O–H groups in total. The quantitative estimate of drug-likeness (QED) is 0.762. The Morgan fingerprint density at radius 2 is 2.05 bits per heavy atom. The molecule has 0 radical (unpaired) electrons. The van der Waals surface area contributed by atoms with E-state index in [-0.39, 0.29) is 5.91 Å². The summed E-state index contributed by atoms with van der Waals surface area (Å²) in [7, 11) is 1.93. The van der Waals surface area contributed by atoms with Crippen LogP contribution in [0.1, 0.15) is 31.2 Å². The molecule has 1 aromatic carbocycles. The second-order valence-corrected chi connectivity index (χ2v) is 5.36. The summed E-state index contributed by atoms with van der Waals surface area (Å²) in [6, 6.07) is 11.0. The van der Waals surface area contributed by atoms with Crippen LogP contribution in [-0.2, 0) is 11.2 Å². The predicted octanol–water partition coefficient (Wildman–Crippen LogP) is 2.22. The van der Waals surface area contributed by atoms with Crippen molar-refractivity contribution < 1.29 is 4.79 Å². The summed E-state index contributed by atoms with van der Waals surface area (Å²) in [5.74, 6) is 0.226. The van der Waals surface area contributed by atoms with Gasteiger partial charge in [-0.05, 0) is 44.2 Å². The van der Waals surface area contributed by atoms with Gasteiger partial charge in [0.25, 0.3) is 0 Å². The lowest BCUT2D eigenvalue weighted by atomic mass is 9.92. The van der Waals surface area contributed by atoms with E-state index in [1.807, 2.05) is 18.0 Å². The zero-order chi connectivity index (χ0) is 13.5. The third-order valence-electron chi connectivity index (χ3n) is 3.95. The third-order valence-corrected chi connectivity index (χ3v) is 3.95. The summed E-state index contributed by atoms with van der Waals surface area (Å²) in [4.78, 5) is 13.8. The Balaban J connectivity index is 1.55. The third kappa shape index (κ3) is 4.35. The summed E-state index contributed by atoms with van der Waals surface area (Å²) in [6.45, 7) is 1.38. The first kappa shape index (κ1) is 14.1. The fourth-order valence-electron chi connectivity index (χ4n) is 2.36. The number of benzene rings is 1. The molecular weight excluding hydrogens is 236 g/mol. The Labute approximate surface area is 116 Å². The van der Waals surface area contributed by atoms with Crippen molar-refractivity contribution in [2.75, 3.05) is 20.1 Å². The number of aryl methyl sites for hydroxylation is 1. The second kappa shape index (κ2) is 7.29. The van der Waals surface area contributed by atoms with Crippen molar-refractivity contribution in [3.8, 4) is 0 Å². The summed E-state index contributed by atoms with van der Waals surface area (Å²) < 4.78 is 0. The van der Waals surface area contributed by atoms with Crippen LogP contribution >= 0.6 is 0 Å². The largest absolute Gasteiger partial charge is 0.342 e. The molecule has 2 rings (SSSR count). The first-order valence-corrected chi connectivity index (χ1v) is 7.27. The highest BCUT2D eigenvalue weighted by Crippen LogP contribution is 2.23. The molecule has 1 aliphatic rings. The van der Waals surface area contributed by atoms with Gasteiger partial charge in [-0.15, -0.1) is 0 Å². The maximum Gasteiger partial charge on any atom is 0.236 e. The highest BCUT2D eigenvalue weighted by atomic mass is 16.2. The average Bonchev–Trinajstić information content (AvgIpc) is 2.37. The lowest BCUT2D eigenvalue weighted by Crippen LogP contribution is -2.45. The van der Waals surface area contributed by atoms with Crippen molar-refractivity contribution in [2.24, 2.45) is 0 Å². The molecule has 0 unspecified atom stereocenters. The van der Waals surface area contributed by atoms with Gasteiger partial charge in [0, 0.05) is 13.1 Å². The molecule has 1 fully saturated rings. The lowest BCUT2D eigenvalue weighted by molar-refractivity contribution is -0.132. The van der Waals surface area contributed by atoms with Crippen LogP contribution in [0.2, 0.25) is 0 Å². The van der Waals surface area contributed by atoms with Crippen LogP contribution in [-0.4, -0.2) is 37.0 Å². The SMILES string of the molecule is CN(C(=O)CNCCCc1ccccc1)C1CCC1. The molecule has 1 aromatic rings. The summed E-state index contributed by atoms with van der Waals surface area (Å²) in [5.41, 5.74) is 1.36. The molecule has 1 aliphatic carbocycles. The van der Waals surface area contributed by atoms with Crippen molar-refractivity contribution >= 4 is 5.91 Å². The van der Waals surface area contributed by atoms with Gasteiger partial charge >= 0.3 is 0 Å². The average molecular weight is 260 g/mol. The van der Waals surface area contributed by atoms with E-state index in [2.05, 4.69) is 29.6 Å². The van der Waals surface area contributed by atoms with Crippen molar-refractivity contribution in [2.45, 2.75) is 38.1 Å². The Morgan fingerprint density at radius 3 is 2.68 bits per heavy atom. The molecule has 1 amide bonds. The van der Waals surface area contributed by atoms with Crippen molar-refractivity contribution in [3.63, 3.8) is 0 Å². The molecule has 3 heteroatoms. The summed E-state index contributed by atoms with van der Waals surface area (Å²) in [5, 5.41) is 3.25. The van der Waals surface area contributed by atoms with Gasteiger partial charge in [-0.1, -0.05) is 30.3 Å². The van der Waals surface area contributed by atoms with Gasteiger partial charge in [0.15, 0.2) is 0 Å². The highest BCUT2D eigenvalue weighted by Gasteiger charge is 2.24. The van der Waals surface area contributed by atoms with Crippen LogP contribution in [0, 0.1) is 0 Å². The molecule has 104 valence electrons. The minimum Gasteiger partial charge on any atom is -0.342 e. The van der Waals surface area contributed by atoms with E-state index in [0.29, 0.717) is 12.6 Å². The molecule has 3 nitrogen and oxygen atoms in total. The number of carbonyl (C=O) groups is 1. The van der Waals surface area contributed by atoms with Crippen molar-refractivity contribution in [3.05, 3.63) is 35.9 Å². The van der Waals surface area contributed by atoms with Crippen LogP contribution < -0.4 is 5.32 Å². The van der Waals surface area contributed by atoms with Crippen LogP contribution in [0.25, 0.3) is 0 Å². The predicted molar refractivity (Wildman–Crippen MR) is 78.0 cm³/mol. The molecule has 1 saturated carbocycles. The van der Waals surface area contributed by atoms with E-state index in [1.165, 1.54) is 24.8 Å². The standard InChI is InChI=1S/C16H24N2O/c1-18(15-10-5-11-15)16(19)13-17-12-6-9-14-7-3-2-4-8-14/h2-4,7-8,15,17H,5-6,9-13H2,1H3. The van der Waals surface area contributed by atoms with Gasteiger partial charge in [-0.25, -0.2) is 0 Å². The summed E-state index contributed by atoms with van der Waals surface area (Å²) in [6.07, 6.45) is 5.77. The molecule has 0 aliphatic heterocycles. The van der Waals surface area contributed by atoms with Crippen LogP contribution in [0.5, 0.6) is 0 Å². The van der Waals surface area contributed by atoms with Gasteiger partial charge in [-0.3, -0.25) is 4.79 Å².